The van der Waals surface area contributed by atoms with Gasteiger partial charge < -0.3 is 4.74 Å². The first kappa shape index (κ1) is 15.7. The Morgan fingerprint density at radius 2 is 1.62 bits per heavy atom. The van der Waals surface area contributed by atoms with Gasteiger partial charge in [-0.1, -0.05) is 39.0 Å². The Morgan fingerprint density at radius 3 is 2.12 bits per heavy atom. The topological polar surface area (TPSA) is 9.23 Å². The van der Waals surface area contributed by atoms with Crippen LogP contribution in [0.3, 0.4) is 0 Å². The zero-order chi connectivity index (χ0) is 12.6. The highest BCUT2D eigenvalue weighted by molar-refractivity contribution is 4.60. The highest BCUT2D eigenvalue weighted by Gasteiger charge is 2.43. The van der Waals surface area contributed by atoms with Gasteiger partial charge in [-0.15, -0.1) is 0 Å². The zero-order valence-electron chi connectivity index (χ0n) is 9.82. The van der Waals surface area contributed by atoms with Crippen LogP contribution in [-0.4, -0.2) is 18.6 Å². The molecule has 0 fully saturated rings. The molecule has 0 bridgehead atoms. The Morgan fingerprint density at radius 1 is 1.06 bits per heavy atom. The minimum atomic E-state index is -4.32. The first-order chi connectivity index (χ1) is 7.40. The summed E-state index contributed by atoms with van der Waals surface area (Å²) in [5.41, 5.74) is 0. The van der Waals surface area contributed by atoms with Crippen molar-refractivity contribution in [2.45, 2.75) is 71.0 Å². The quantitative estimate of drug-likeness (QED) is 0.425. The average molecular weight is 244 g/mol. The fourth-order valence-corrected chi connectivity index (χ4v) is 1.41. The Balaban J connectivity index is 3.62. The Labute approximate surface area is 94.2 Å². The molecule has 0 N–H and O–H groups in total. The molecule has 0 aromatic heterocycles. The highest BCUT2D eigenvalue weighted by atomic mass is 19.3. The van der Waals surface area contributed by atoms with Crippen molar-refractivity contribution in [1.82, 2.24) is 0 Å². The first-order valence-corrected chi connectivity index (χ1v) is 5.74. The molecule has 0 aliphatic heterocycles. The molecule has 0 saturated heterocycles. The van der Waals surface area contributed by atoms with Crippen molar-refractivity contribution in [3.05, 3.63) is 0 Å². The molecule has 1 atom stereocenters. The number of halogens is 4. The monoisotopic (exact) mass is 244 g/mol. The summed E-state index contributed by atoms with van der Waals surface area (Å²) in [4.78, 5) is 0. The summed E-state index contributed by atoms with van der Waals surface area (Å²) < 4.78 is 52.5. The summed E-state index contributed by atoms with van der Waals surface area (Å²) in [5.74, 6) is 0. The van der Waals surface area contributed by atoms with E-state index in [0.29, 0.717) is 6.42 Å². The van der Waals surface area contributed by atoms with E-state index in [1.807, 2.05) is 0 Å². The largest absolute Gasteiger partial charge is 0.416 e. The zero-order valence-corrected chi connectivity index (χ0v) is 9.82. The molecule has 0 aromatic carbocycles. The van der Waals surface area contributed by atoms with Crippen LogP contribution < -0.4 is 0 Å². The molecule has 0 rings (SSSR count). The van der Waals surface area contributed by atoms with Gasteiger partial charge in [-0.2, -0.15) is 8.78 Å². The molecule has 1 nitrogen and oxygen atoms in total. The number of hydrogen-bond donors (Lipinski definition) is 0. The SMILES string of the molecule is CCCCCCCC(C)OC(F)(F)C(F)F. The summed E-state index contributed by atoms with van der Waals surface area (Å²) in [7, 11) is 0. The Hall–Kier alpha value is -0.320. The van der Waals surface area contributed by atoms with Crippen molar-refractivity contribution < 1.29 is 22.3 Å². The first-order valence-electron chi connectivity index (χ1n) is 5.74. The van der Waals surface area contributed by atoms with E-state index in [1.165, 1.54) is 6.92 Å². The van der Waals surface area contributed by atoms with Crippen molar-refractivity contribution in [2.75, 3.05) is 0 Å². The number of rotatable bonds is 9. The van der Waals surface area contributed by atoms with E-state index in [-0.39, 0.29) is 0 Å². The highest BCUT2D eigenvalue weighted by Crippen LogP contribution is 2.27. The van der Waals surface area contributed by atoms with Crippen LogP contribution in [0.15, 0.2) is 0 Å². The lowest BCUT2D eigenvalue weighted by Gasteiger charge is -2.20. The molecule has 0 aromatic rings. The van der Waals surface area contributed by atoms with Crippen molar-refractivity contribution in [2.24, 2.45) is 0 Å². The van der Waals surface area contributed by atoms with E-state index < -0.39 is 18.6 Å². The number of unbranched alkanes of at least 4 members (excludes halogenated alkanes) is 4. The van der Waals surface area contributed by atoms with E-state index in [0.717, 1.165) is 32.1 Å². The van der Waals surface area contributed by atoms with Crippen LogP contribution in [0, 0.1) is 0 Å². The minimum absolute atomic E-state index is 0.395. The molecule has 0 aliphatic rings. The van der Waals surface area contributed by atoms with Gasteiger partial charge in [0, 0.05) is 0 Å². The number of alkyl halides is 4. The smallest absolute Gasteiger partial charge is 0.313 e. The maximum atomic E-state index is 12.5. The fourth-order valence-electron chi connectivity index (χ4n) is 1.41. The maximum Gasteiger partial charge on any atom is 0.416 e. The molecule has 98 valence electrons. The standard InChI is InChI=1S/C11H20F4O/c1-3-4-5-6-7-8-9(2)16-11(14,15)10(12)13/h9-10H,3-8H2,1-2H3. The predicted molar refractivity (Wildman–Crippen MR) is 54.9 cm³/mol. The van der Waals surface area contributed by atoms with E-state index in [1.54, 1.807) is 0 Å². The van der Waals surface area contributed by atoms with Gasteiger partial charge in [-0.05, 0) is 13.3 Å². The van der Waals surface area contributed by atoms with Crippen LogP contribution in [0.5, 0.6) is 0 Å². The molecule has 0 spiro atoms. The Bertz CT molecular complexity index is 173. The molecule has 0 aliphatic carbocycles. The van der Waals surface area contributed by atoms with Crippen molar-refractivity contribution >= 4 is 0 Å². The Kier molecular flexibility index (Phi) is 7.72. The lowest BCUT2D eigenvalue weighted by molar-refractivity contribution is -0.316. The van der Waals surface area contributed by atoms with Crippen LogP contribution in [-0.2, 0) is 4.74 Å². The predicted octanol–water partition coefficient (Wildman–Crippen LogP) is 4.61. The van der Waals surface area contributed by atoms with Gasteiger partial charge in [-0.3, -0.25) is 0 Å². The van der Waals surface area contributed by atoms with E-state index in [9.17, 15) is 17.6 Å². The second-order valence-corrected chi connectivity index (χ2v) is 3.99. The van der Waals surface area contributed by atoms with Crippen LogP contribution in [0.25, 0.3) is 0 Å². The number of ether oxygens (including phenoxy) is 1. The number of hydrogen-bond acceptors (Lipinski definition) is 1. The molecule has 0 radical (unpaired) electrons. The summed E-state index contributed by atoms with van der Waals surface area (Å²) in [6.07, 6.45) is -3.57. The van der Waals surface area contributed by atoms with Crippen LogP contribution >= 0.6 is 0 Å². The van der Waals surface area contributed by atoms with Crippen molar-refractivity contribution in [3.63, 3.8) is 0 Å². The average Bonchev–Trinajstić information content (AvgIpc) is 2.16. The summed E-state index contributed by atoms with van der Waals surface area (Å²) in [6.45, 7) is 3.48. The van der Waals surface area contributed by atoms with Gasteiger partial charge in [0.25, 0.3) is 0 Å². The summed E-state index contributed by atoms with van der Waals surface area (Å²) >= 11 is 0. The third-order valence-electron chi connectivity index (χ3n) is 2.33. The molecule has 0 heterocycles. The molecule has 0 saturated carbocycles. The third kappa shape index (κ3) is 7.04. The van der Waals surface area contributed by atoms with Gasteiger partial charge in [0.2, 0.25) is 0 Å². The van der Waals surface area contributed by atoms with Crippen molar-refractivity contribution in [1.29, 1.82) is 0 Å². The van der Waals surface area contributed by atoms with Gasteiger partial charge >= 0.3 is 12.5 Å². The van der Waals surface area contributed by atoms with Crippen molar-refractivity contribution in [3.8, 4) is 0 Å². The molecule has 16 heavy (non-hydrogen) atoms. The van der Waals surface area contributed by atoms with E-state index in [2.05, 4.69) is 11.7 Å². The van der Waals surface area contributed by atoms with Gasteiger partial charge in [0.05, 0.1) is 6.10 Å². The second-order valence-electron chi connectivity index (χ2n) is 3.99. The molecular weight excluding hydrogens is 224 g/mol. The third-order valence-corrected chi connectivity index (χ3v) is 2.33. The van der Waals surface area contributed by atoms with Crippen LogP contribution in [0.1, 0.15) is 52.4 Å². The summed E-state index contributed by atoms with van der Waals surface area (Å²) in [6, 6.07) is 0. The molecular formula is C11H20F4O. The lowest BCUT2D eigenvalue weighted by atomic mass is 10.1. The second kappa shape index (κ2) is 7.87. The lowest BCUT2D eigenvalue weighted by Crippen LogP contribution is -2.33. The molecule has 5 heteroatoms. The van der Waals surface area contributed by atoms with E-state index in [4.69, 9.17) is 0 Å². The van der Waals surface area contributed by atoms with Crippen LogP contribution in [0.4, 0.5) is 17.6 Å². The minimum Gasteiger partial charge on any atom is -0.313 e. The van der Waals surface area contributed by atoms with Gasteiger partial charge in [0.15, 0.2) is 0 Å². The normalized spacial score (nSPS) is 14.4. The van der Waals surface area contributed by atoms with Crippen LogP contribution in [0.2, 0.25) is 0 Å². The molecule has 0 amide bonds. The summed E-state index contributed by atoms with van der Waals surface area (Å²) in [5, 5.41) is 0. The fraction of sp³-hybridized carbons (Fsp3) is 1.00. The van der Waals surface area contributed by atoms with E-state index >= 15 is 0 Å². The maximum absolute atomic E-state index is 12.5. The van der Waals surface area contributed by atoms with Gasteiger partial charge in [0.1, 0.15) is 0 Å². The molecule has 1 unspecified atom stereocenters. The van der Waals surface area contributed by atoms with Gasteiger partial charge in [-0.25, -0.2) is 8.78 Å².